The first-order valence-electron chi connectivity index (χ1n) is 19.4. The maximum Gasteiger partial charge on any atom is 0.310 e. The summed E-state index contributed by atoms with van der Waals surface area (Å²) in [7, 11) is 13.0. The van der Waals surface area contributed by atoms with Crippen molar-refractivity contribution in [3.05, 3.63) is 66.0 Å². The summed E-state index contributed by atoms with van der Waals surface area (Å²) in [4.78, 5) is 53.7. The van der Waals surface area contributed by atoms with E-state index in [9.17, 15) is 34.5 Å². The molecular formula is C44H55N3O10+2. The molecule has 4 N–H and O–H groups in total. The molecule has 0 bridgehead atoms. The molecule has 304 valence electrons. The van der Waals surface area contributed by atoms with E-state index in [2.05, 4.69) is 11.4 Å². The summed E-state index contributed by atoms with van der Waals surface area (Å²) >= 11 is 0. The zero-order valence-corrected chi connectivity index (χ0v) is 34.3. The quantitative estimate of drug-likeness (QED) is 0.0254. The standard InChI is InChI=1S/C44H53N3O10/c1-24-16-28-27(12-9-10-13-32(52)56-22-46(2,3)4)42(45-15-11-14-33(53)57-23-47(5,6)7)38-30(50)18-25(20-48)34-35-26(21-49)19-31(51)39-41(35)37(36(28)40(34)38)29(17-24)44(55-8)43(39)54/h16,18-19,48-49H,9-15,17,20-23H2,1-8H3/p+2. The lowest BCUT2D eigenvalue weighted by atomic mass is 9.80. The van der Waals surface area contributed by atoms with Crippen molar-refractivity contribution >= 4 is 66.8 Å². The Hall–Kier alpha value is -5.08. The van der Waals surface area contributed by atoms with Crippen molar-refractivity contribution in [2.45, 2.75) is 65.1 Å². The van der Waals surface area contributed by atoms with Crippen molar-refractivity contribution in [3.8, 4) is 11.5 Å². The lowest BCUT2D eigenvalue weighted by Gasteiger charge is -2.26. The third-order valence-corrected chi connectivity index (χ3v) is 10.5. The molecule has 13 heteroatoms. The Balaban J connectivity index is 1.63. The Morgan fingerprint density at radius 1 is 0.737 bits per heavy atom. The molecule has 0 amide bonds. The van der Waals surface area contributed by atoms with Crippen LogP contribution in [0.1, 0.15) is 66.8 Å². The number of hydrogen-bond acceptors (Lipinski definition) is 11. The van der Waals surface area contributed by atoms with E-state index in [0.29, 0.717) is 108 Å². The molecule has 1 aliphatic rings. The molecule has 0 aromatic heterocycles. The van der Waals surface area contributed by atoms with Gasteiger partial charge in [0.25, 0.3) is 0 Å². The van der Waals surface area contributed by atoms with E-state index < -0.39 is 18.6 Å². The summed E-state index contributed by atoms with van der Waals surface area (Å²) in [5, 5.41) is 40.5. The molecule has 13 nitrogen and oxygen atoms in total. The van der Waals surface area contributed by atoms with E-state index in [4.69, 9.17) is 14.2 Å². The number of unbranched alkanes of at least 4 members (excludes halogenated alkanes) is 1. The van der Waals surface area contributed by atoms with Gasteiger partial charge in [-0.15, -0.1) is 0 Å². The average Bonchev–Trinajstić information content (AvgIpc) is 3.29. The van der Waals surface area contributed by atoms with Crippen LogP contribution < -0.4 is 20.9 Å². The molecule has 0 heterocycles. The number of esters is 2. The second kappa shape index (κ2) is 16.0. The summed E-state index contributed by atoms with van der Waals surface area (Å²) in [5.41, 5.74) is 3.56. The highest BCUT2D eigenvalue weighted by Gasteiger charge is 2.32. The number of nitrogens with one attached hydrogen (secondary N) is 1. The maximum atomic E-state index is 14.5. The first-order valence-corrected chi connectivity index (χ1v) is 19.4. The van der Waals surface area contributed by atoms with Gasteiger partial charge in [0.2, 0.25) is 13.5 Å². The first kappa shape index (κ1) is 41.6. The van der Waals surface area contributed by atoms with Gasteiger partial charge in [-0.05, 0) is 95.0 Å². The topological polar surface area (TPSA) is 169 Å². The van der Waals surface area contributed by atoms with E-state index >= 15 is 0 Å². The van der Waals surface area contributed by atoms with Gasteiger partial charge in [-0.3, -0.25) is 28.1 Å². The number of phenols is 1. The monoisotopic (exact) mass is 785 g/mol. The number of carbonyl (C=O) groups excluding carboxylic acids is 2. The van der Waals surface area contributed by atoms with Gasteiger partial charge < -0.3 is 34.8 Å². The maximum absolute atomic E-state index is 14.5. The molecule has 0 saturated heterocycles. The Kier molecular flexibility index (Phi) is 11.7. The number of methoxy groups -OCH3 is 1. The van der Waals surface area contributed by atoms with E-state index in [1.165, 1.54) is 19.2 Å². The molecule has 0 atom stereocenters. The zero-order valence-electron chi connectivity index (χ0n) is 34.3. The number of quaternary nitrogens is 2. The Bertz CT molecular complexity index is 2530. The smallest absolute Gasteiger partial charge is 0.310 e. The molecule has 0 fully saturated rings. The number of rotatable bonds is 17. The summed E-state index contributed by atoms with van der Waals surface area (Å²) in [5.74, 6) is -0.773. The highest BCUT2D eigenvalue weighted by molar-refractivity contribution is 6.38. The largest absolute Gasteiger partial charge is 0.504 e. The van der Waals surface area contributed by atoms with Gasteiger partial charge in [0.15, 0.2) is 22.4 Å². The molecule has 1 aliphatic carbocycles. The summed E-state index contributed by atoms with van der Waals surface area (Å²) < 4.78 is 17.8. The Morgan fingerprint density at radius 3 is 1.82 bits per heavy atom. The number of phenolic OH excluding ortho intramolecular Hbond substituents is 1. The third-order valence-electron chi connectivity index (χ3n) is 10.5. The molecule has 0 radical (unpaired) electrons. The number of carbonyl (C=O) groups is 2. The Morgan fingerprint density at radius 2 is 1.28 bits per heavy atom. The summed E-state index contributed by atoms with van der Waals surface area (Å²) in [6, 6.07) is 2.69. The molecule has 0 spiro atoms. The predicted molar refractivity (Wildman–Crippen MR) is 222 cm³/mol. The van der Waals surface area contributed by atoms with Gasteiger partial charge in [0.05, 0.1) is 73.4 Å². The predicted octanol–water partition coefficient (Wildman–Crippen LogP) is 4.87. The van der Waals surface area contributed by atoms with Gasteiger partial charge in [-0.25, -0.2) is 0 Å². The van der Waals surface area contributed by atoms with Gasteiger partial charge in [-0.1, -0.05) is 11.6 Å². The molecule has 0 aliphatic heterocycles. The van der Waals surface area contributed by atoms with E-state index in [1.54, 1.807) is 0 Å². The minimum Gasteiger partial charge on any atom is -0.504 e. The van der Waals surface area contributed by atoms with Crippen LogP contribution in [0.4, 0.5) is 5.69 Å². The minimum absolute atomic E-state index is 0.0329. The molecule has 0 unspecified atom stereocenters. The molecule has 57 heavy (non-hydrogen) atoms. The molecule has 6 rings (SSSR count). The van der Waals surface area contributed by atoms with Crippen molar-refractivity contribution in [1.29, 1.82) is 0 Å². The van der Waals surface area contributed by atoms with E-state index in [-0.39, 0.29) is 60.6 Å². The average molecular weight is 786 g/mol. The molecular weight excluding hydrogens is 730 g/mol. The SMILES string of the molecule is COc1c(O)c2c(=O)cc(CO)c3c4c(CO)cc(=O)c5c(NCCCC(=O)OC[N+](C)(C)C)c(CCCCC(=O)OC[N+](C)(C)C)c6c(c(c1CC(C)=C6)c23)c54. The summed E-state index contributed by atoms with van der Waals surface area (Å²) in [6.45, 7) is 1.79. The number of fused-ring (bicyclic) bond motifs is 1. The lowest BCUT2D eigenvalue weighted by Crippen LogP contribution is -2.37. The van der Waals surface area contributed by atoms with Crippen LogP contribution in [0, 0.1) is 0 Å². The highest BCUT2D eigenvalue weighted by atomic mass is 16.6. The molecule has 0 saturated carbocycles. The number of anilines is 1. The van der Waals surface area contributed by atoms with Crippen molar-refractivity contribution < 1.29 is 48.1 Å². The number of aliphatic hydroxyl groups is 2. The number of hydrogen-bond donors (Lipinski definition) is 4. The zero-order chi connectivity index (χ0) is 41.6. The number of benzene rings is 5. The fourth-order valence-electron chi connectivity index (χ4n) is 8.13. The van der Waals surface area contributed by atoms with Gasteiger partial charge in [0, 0.05) is 41.4 Å². The fraction of sp³-hybridized carbons (Fsp3) is 0.455. The van der Waals surface area contributed by atoms with Crippen molar-refractivity contribution in [2.75, 3.05) is 74.7 Å². The first-order chi connectivity index (χ1) is 26.9. The van der Waals surface area contributed by atoms with Crippen molar-refractivity contribution in [1.82, 2.24) is 0 Å². The van der Waals surface area contributed by atoms with Gasteiger partial charge >= 0.3 is 11.9 Å². The number of aliphatic hydroxyl groups excluding tert-OH is 2. The lowest BCUT2D eigenvalue weighted by molar-refractivity contribution is -0.888. The van der Waals surface area contributed by atoms with Crippen LogP contribution in [0.2, 0.25) is 0 Å². The fourth-order valence-corrected chi connectivity index (χ4v) is 8.13. The number of allylic oxidation sites excluding steroid dienone is 1. The van der Waals surface area contributed by atoms with Crippen molar-refractivity contribution in [2.24, 2.45) is 0 Å². The van der Waals surface area contributed by atoms with Crippen LogP contribution >= 0.6 is 0 Å². The van der Waals surface area contributed by atoms with E-state index in [0.717, 1.165) is 16.7 Å². The van der Waals surface area contributed by atoms with Crippen LogP contribution in [-0.2, 0) is 45.1 Å². The second-order valence-electron chi connectivity index (χ2n) is 17.3. The molecule has 5 aromatic rings. The molecule has 5 aromatic carbocycles. The highest BCUT2D eigenvalue weighted by Crippen LogP contribution is 2.53. The number of nitrogens with zero attached hydrogens (tertiary/aromatic N) is 2. The van der Waals surface area contributed by atoms with Gasteiger partial charge in [0.1, 0.15) is 0 Å². The minimum atomic E-state index is -0.502. The van der Waals surface area contributed by atoms with Gasteiger partial charge in [-0.2, -0.15) is 0 Å². The van der Waals surface area contributed by atoms with Crippen LogP contribution in [0.15, 0.2) is 27.3 Å². The van der Waals surface area contributed by atoms with Crippen LogP contribution in [0.3, 0.4) is 0 Å². The normalized spacial score (nSPS) is 13.2. The van der Waals surface area contributed by atoms with Crippen LogP contribution in [-0.4, -0.2) is 106 Å². The number of ether oxygens (including phenoxy) is 3. The van der Waals surface area contributed by atoms with Crippen LogP contribution in [0.25, 0.3) is 49.2 Å². The van der Waals surface area contributed by atoms with Crippen LogP contribution in [0.5, 0.6) is 11.5 Å². The summed E-state index contributed by atoms with van der Waals surface area (Å²) in [6.07, 6.45) is 4.75. The second-order valence-corrected chi connectivity index (χ2v) is 17.3. The Labute approximate surface area is 331 Å². The van der Waals surface area contributed by atoms with Crippen molar-refractivity contribution in [3.63, 3.8) is 0 Å². The van der Waals surface area contributed by atoms with E-state index in [1.807, 2.05) is 49.2 Å². The number of aromatic hydroxyl groups is 1. The third kappa shape index (κ3) is 8.07.